The molecule has 1 aromatic heterocycles. The van der Waals surface area contributed by atoms with E-state index in [1.165, 1.54) is 0 Å². The number of aromatic nitrogens is 1. The average molecular weight is 257 g/mol. The van der Waals surface area contributed by atoms with Crippen LogP contribution in [0.2, 0.25) is 0 Å². The van der Waals surface area contributed by atoms with E-state index in [2.05, 4.69) is 0 Å². The van der Waals surface area contributed by atoms with Crippen molar-refractivity contribution in [2.24, 2.45) is 12.8 Å². The van der Waals surface area contributed by atoms with Crippen molar-refractivity contribution in [3.63, 3.8) is 0 Å². The Morgan fingerprint density at radius 3 is 2.63 bits per heavy atom. The van der Waals surface area contributed by atoms with Crippen LogP contribution in [0.5, 0.6) is 0 Å². The Kier molecular flexibility index (Phi) is 3.03. The minimum atomic E-state index is 0.116. The maximum Gasteiger partial charge on any atom is 0.270 e. The van der Waals surface area contributed by atoms with E-state index in [1.54, 1.807) is 0 Å². The number of fused-ring (bicyclic) bond motifs is 1. The summed E-state index contributed by atoms with van der Waals surface area (Å²) < 4.78 is 1.98. The lowest BCUT2D eigenvalue weighted by Gasteiger charge is -2.30. The molecule has 0 aliphatic carbocycles. The highest BCUT2D eigenvalue weighted by atomic mass is 16.2. The van der Waals surface area contributed by atoms with Crippen LogP contribution in [0.25, 0.3) is 10.9 Å². The number of carbonyl (C=O) groups excluding carboxylic acids is 1. The van der Waals surface area contributed by atoms with Crippen molar-refractivity contribution in [3.05, 3.63) is 36.0 Å². The highest BCUT2D eigenvalue weighted by molar-refractivity contribution is 5.98. The number of nitrogens with zero attached hydrogens (tertiary/aromatic N) is 2. The molecular weight excluding hydrogens is 238 g/mol. The lowest BCUT2D eigenvalue weighted by molar-refractivity contribution is 0.0705. The van der Waals surface area contributed by atoms with Crippen LogP contribution in [0, 0.1) is 0 Å². The van der Waals surface area contributed by atoms with Crippen LogP contribution in [0.1, 0.15) is 23.3 Å². The summed E-state index contributed by atoms with van der Waals surface area (Å²) in [5.74, 6) is 0.116. The Balaban J connectivity index is 1.91. The van der Waals surface area contributed by atoms with E-state index < -0.39 is 0 Å². The number of carbonyl (C=O) groups is 1. The van der Waals surface area contributed by atoms with Gasteiger partial charge in [0.2, 0.25) is 0 Å². The standard InChI is InChI=1S/C15H19N3O/c1-17-13-5-3-2-4-11(13)10-14(17)15(19)18-8-6-12(16)7-9-18/h2-5,10,12H,6-9,16H2,1H3. The molecule has 1 saturated heterocycles. The molecule has 1 aliphatic rings. The summed E-state index contributed by atoms with van der Waals surface area (Å²) in [4.78, 5) is 14.5. The predicted octanol–water partition coefficient (Wildman–Crippen LogP) is 1.74. The number of nitrogens with two attached hydrogens (primary N) is 1. The molecule has 1 aliphatic heterocycles. The molecule has 0 radical (unpaired) electrons. The second-order valence-corrected chi connectivity index (χ2v) is 5.28. The van der Waals surface area contributed by atoms with Crippen LogP contribution < -0.4 is 5.73 Å². The van der Waals surface area contributed by atoms with Crippen LogP contribution in [-0.2, 0) is 7.05 Å². The summed E-state index contributed by atoms with van der Waals surface area (Å²) in [5.41, 5.74) is 7.74. The Morgan fingerprint density at radius 1 is 1.26 bits per heavy atom. The van der Waals surface area contributed by atoms with E-state index in [9.17, 15) is 4.79 Å². The third-order valence-electron chi connectivity index (χ3n) is 4.00. The molecule has 1 fully saturated rings. The summed E-state index contributed by atoms with van der Waals surface area (Å²) in [7, 11) is 1.95. The Hall–Kier alpha value is -1.81. The van der Waals surface area contributed by atoms with Gasteiger partial charge in [-0.15, -0.1) is 0 Å². The van der Waals surface area contributed by atoms with Crippen LogP contribution >= 0.6 is 0 Å². The molecule has 0 spiro atoms. The molecule has 0 unspecified atom stereocenters. The molecule has 100 valence electrons. The first-order valence-corrected chi connectivity index (χ1v) is 6.76. The first-order valence-electron chi connectivity index (χ1n) is 6.76. The maximum absolute atomic E-state index is 12.6. The molecule has 4 heteroatoms. The molecule has 0 atom stereocenters. The van der Waals surface area contributed by atoms with Gasteiger partial charge in [-0.1, -0.05) is 18.2 Å². The largest absolute Gasteiger partial charge is 0.340 e. The fourth-order valence-corrected chi connectivity index (χ4v) is 2.76. The number of piperidine rings is 1. The number of hydrogen-bond acceptors (Lipinski definition) is 2. The van der Waals surface area contributed by atoms with E-state index in [0.717, 1.165) is 42.5 Å². The van der Waals surface area contributed by atoms with Crippen molar-refractivity contribution >= 4 is 16.8 Å². The van der Waals surface area contributed by atoms with Gasteiger partial charge in [-0.3, -0.25) is 4.79 Å². The highest BCUT2D eigenvalue weighted by Gasteiger charge is 2.23. The summed E-state index contributed by atoms with van der Waals surface area (Å²) in [5, 5.41) is 1.11. The van der Waals surface area contributed by atoms with Gasteiger partial charge >= 0.3 is 0 Å². The summed E-state index contributed by atoms with van der Waals surface area (Å²) in [6.07, 6.45) is 1.80. The average Bonchev–Trinajstić information content (AvgIpc) is 2.77. The number of amides is 1. The molecule has 1 aromatic carbocycles. The Morgan fingerprint density at radius 2 is 1.95 bits per heavy atom. The van der Waals surface area contributed by atoms with Gasteiger partial charge in [-0.2, -0.15) is 0 Å². The monoisotopic (exact) mass is 257 g/mol. The maximum atomic E-state index is 12.6. The smallest absolute Gasteiger partial charge is 0.270 e. The molecule has 2 heterocycles. The molecule has 0 saturated carbocycles. The number of rotatable bonds is 1. The fraction of sp³-hybridized carbons (Fsp3) is 0.400. The van der Waals surface area contributed by atoms with E-state index in [0.29, 0.717) is 0 Å². The number of para-hydroxylation sites is 1. The number of aryl methyl sites for hydroxylation is 1. The number of benzene rings is 1. The predicted molar refractivity (Wildman–Crippen MR) is 76.0 cm³/mol. The van der Waals surface area contributed by atoms with Crippen molar-refractivity contribution in [1.29, 1.82) is 0 Å². The molecule has 4 nitrogen and oxygen atoms in total. The number of likely N-dealkylation sites (tertiary alicyclic amines) is 1. The second-order valence-electron chi connectivity index (χ2n) is 5.28. The lowest BCUT2D eigenvalue weighted by atomic mass is 10.1. The molecular formula is C15H19N3O. The van der Waals surface area contributed by atoms with Crippen LogP contribution in [0.3, 0.4) is 0 Å². The summed E-state index contributed by atoms with van der Waals surface area (Å²) >= 11 is 0. The minimum Gasteiger partial charge on any atom is -0.340 e. The first kappa shape index (κ1) is 12.2. The van der Waals surface area contributed by atoms with Gasteiger partial charge in [0.15, 0.2) is 0 Å². The van der Waals surface area contributed by atoms with Gasteiger partial charge in [0.1, 0.15) is 5.69 Å². The zero-order valence-corrected chi connectivity index (χ0v) is 11.2. The van der Waals surface area contributed by atoms with Gasteiger partial charge < -0.3 is 15.2 Å². The van der Waals surface area contributed by atoms with Crippen LogP contribution in [0.15, 0.2) is 30.3 Å². The van der Waals surface area contributed by atoms with E-state index in [4.69, 9.17) is 5.73 Å². The van der Waals surface area contributed by atoms with Gasteiger partial charge in [0.05, 0.1) is 0 Å². The Labute approximate surface area is 112 Å². The fourth-order valence-electron chi connectivity index (χ4n) is 2.76. The van der Waals surface area contributed by atoms with Crippen molar-refractivity contribution in [1.82, 2.24) is 9.47 Å². The van der Waals surface area contributed by atoms with E-state index in [1.807, 2.05) is 46.8 Å². The van der Waals surface area contributed by atoms with Crippen molar-refractivity contribution in [2.45, 2.75) is 18.9 Å². The minimum absolute atomic E-state index is 0.116. The van der Waals surface area contributed by atoms with E-state index in [-0.39, 0.29) is 11.9 Å². The molecule has 3 rings (SSSR count). The summed E-state index contributed by atoms with van der Waals surface area (Å²) in [6, 6.07) is 10.3. The van der Waals surface area contributed by atoms with Crippen LogP contribution in [-0.4, -0.2) is 34.5 Å². The molecule has 1 amide bonds. The molecule has 0 bridgehead atoms. The van der Waals surface area contributed by atoms with Gasteiger partial charge in [-0.05, 0) is 25.0 Å². The highest BCUT2D eigenvalue weighted by Crippen LogP contribution is 2.20. The quantitative estimate of drug-likeness (QED) is 0.846. The molecule has 2 N–H and O–H groups in total. The normalized spacial score (nSPS) is 17.1. The van der Waals surface area contributed by atoms with Gasteiger partial charge in [0, 0.05) is 37.1 Å². The third kappa shape index (κ3) is 2.12. The lowest BCUT2D eigenvalue weighted by Crippen LogP contribution is -2.43. The Bertz CT molecular complexity index is 609. The zero-order chi connectivity index (χ0) is 13.4. The number of hydrogen-bond donors (Lipinski definition) is 1. The van der Waals surface area contributed by atoms with Gasteiger partial charge in [0.25, 0.3) is 5.91 Å². The second kappa shape index (κ2) is 4.70. The zero-order valence-electron chi connectivity index (χ0n) is 11.2. The SMILES string of the molecule is Cn1c(C(=O)N2CCC(N)CC2)cc2ccccc21. The first-order chi connectivity index (χ1) is 9.16. The van der Waals surface area contributed by atoms with Crippen molar-refractivity contribution in [2.75, 3.05) is 13.1 Å². The van der Waals surface area contributed by atoms with Crippen molar-refractivity contribution < 1.29 is 4.79 Å². The third-order valence-corrected chi connectivity index (χ3v) is 4.00. The van der Waals surface area contributed by atoms with Crippen LogP contribution in [0.4, 0.5) is 0 Å². The topological polar surface area (TPSA) is 51.3 Å². The summed E-state index contributed by atoms with van der Waals surface area (Å²) in [6.45, 7) is 1.53. The van der Waals surface area contributed by atoms with E-state index >= 15 is 0 Å². The molecule has 2 aromatic rings. The van der Waals surface area contributed by atoms with Crippen molar-refractivity contribution in [3.8, 4) is 0 Å². The van der Waals surface area contributed by atoms with Gasteiger partial charge in [-0.25, -0.2) is 0 Å². The molecule has 19 heavy (non-hydrogen) atoms.